The van der Waals surface area contributed by atoms with Crippen molar-refractivity contribution in [2.75, 3.05) is 20.2 Å². The van der Waals surface area contributed by atoms with Gasteiger partial charge in [-0.15, -0.1) is 0 Å². The maximum absolute atomic E-state index is 13.0. The smallest absolute Gasteiger partial charge is 0.243 e. The molecule has 1 aliphatic heterocycles. The molecule has 0 amide bonds. The van der Waals surface area contributed by atoms with Crippen molar-refractivity contribution in [2.45, 2.75) is 10.8 Å². The zero-order valence-corrected chi connectivity index (χ0v) is 15.9. The van der Waals surface area contributed by atoms with Crippen molar-refractivity contribution in [1.29, 1.82) is 0 Å². The Morgan fingerprint density at radius 2 is 1.81 bits per heavy atom. The molecule has 0 bridgehead atoms. The number of rotatable bonds is 5. The molecule has 1 aromatic carbocycles. The van der Waals surface area contributed by atoms with Gasteiger partial charge in [0.1, 0.15) is 5.75 Å². The fourth-order valence-corrected chi connectivity index (χ4v) is 4.86. The second kappa shape index (κ2) is 6.79. The Labute approximate surface area is 158 Å². The fraction of sp³-hybridized carbons (Fsp3) is 0.263. The van der Waals surface area contributed by atoms with Crippen LogP contribution in [0.4, 0.5) is 0 Å². The molecule has 7 nitrogen and oxygen atoms in total. The van der Waals surface area contributed by atoms with Crippen molar-refractivity contribution in [3.63, 3.8) is 0 Å². The molecule has 8 heteroatoms. The Morgan fingerprint density at radius 3 is 2.44 bits per heavy atom. The lowest BCUT2D eigenvalue weighted by molar-refractivity contribution is 0.264. The van der Waals surface area contributed by atoms with E-state index in [0.29, 0.717) is 18.8 Å². The van der Waals surface area contributed by atoms with Crippen LogP contribution in [-0.4, -0.2) is 47.7 Å². The van der Waals surface area contributed by atoms with Gasteiger partial charge < -0.3 is 4.74 Å². The monoisotopic (exact) mass is 384 g/mol. The average molecular weight is 384 g/mol. The zero-order chi connectivity index (χ0) is 19.0. The minimum atomic E-state index is -3.56. The zero-order valence-electron chi connectivity index (χ0n) is 15.1. The molecule has 2 aromatic heterocycles. The quantitative estimate of drug-likeness (QED) is 0.674. The molecule has 0 radical (unpaired) electrons. The summed E-state index contributed by atoms with van der Waals surface area (Å²) in [4.78, 5) is 4.24. The average Bonchev–Trinajstić information content (AvgIpc) is 3.06. The van der Waals surface area contributed by atoms with Gasteiger partial charge in [0, 0.05) is 56.3 Å². The Bertz CT molecular complexity index is 1060. The lowest BCUT2D eigenvalue weighted by Crippen LogP contribution is -2.48. The van der Waals surface area contributed by atoms with Crippen LogP contribution in [0.15, 0.2) is 59.9 Å². The van der Waals surface area contributed by atoms with Crippen LogP contribution in [0.25, 0.3) is 11.3 Å². The summed E-state index contributed by atoms with van der Waals surface area (Å²) in [5, 5.41) is 4.16. The fourth-order valence-electron chi connectivity index (χ4n) is 3.31. The second-order valence-corrected chi connectivity index (χ2v) is 8.44. The van der Waals surface area contributed by atoms with Gasteiger partial charge in [-0.3, -0.25) is 9.67 Å². The predicted molar refractivity (Wildman–Crippen MR) is 101 cm³/mol. The molecule has 3 heterocycles. The number of aryl methyl sites for hydroxylation is 1. The van der Waals surface area contributed by atoms with Gasteiger partial charge in [0.15, 0.2) is 0 Å². The van der Waals surface area contributed by atoms with Gasteiger partial charge in [-0.1, -0.05) is 0 Å². The van der Waals surface area contributed by atoms with Crippen LogP contribution < -0.4 is 4.74 Å². The van der Waals surface area contributed by atoms with Crippen LogP contribution in [0, 0.1) is 0 Å². The van der Waals surface area contributed by atoms with Gasteiger partial charge in [-0.05, 0) is 35.9 Å². The molecule has 0 unspecified atom stereocenters. The van der Waals surface area contributed by atoms with E-state index in [1.165, 1.54) is 11.4 Å². The molecule has 0 spiro atoms. The van der Waals surface area contributed by atoms with Crippen molar-refractivity contribution >= 4 is 10.0 Å². The summed E-state index contributed by atoms with van der Waals surface area (Å²) in [6.07, 6.45) is 5.15. The topological polar surface area (TPSA) is 77.3 Å². The van der Waals surface area contributed by atoms with Crippen molar-refractivity contribution in [3.8, 4) is 17.0 Å². The van der Waals surface area contributed by atoms with Crippen LogP contribution in [0.2, 0.25) is 0 Å². The molecule has 0 N–H and O–H groups in total. The molecular weight excluding hydrogens is 364 g/mol. The summed E-state index contributed by atoms with van der Waals surface area (Å²) in [6, 6.07) is 10.7. The highest BCUT2D eigenvalue weighted by Crippen LogP contribution is 2.35. The first kappa shape index (κ1) is 17.7. The van der Waals surface area contributed by atoms with E-state index in [1.54, 1.807) is 41.5 Å². The molecule has 4 rings (SSSR count). The number of nitrogens with zero attached hydrogens (tertiary/aromatic N) is 4. The SMILES string of the molecule is COc1cc(S(=O)(=O)N2CC(c3ccncc3)C2)ccc1-c1ccnn1C. The van der Waals surface area contributed by atoms with Crippen molar-refractivity contribution < 1.29 is 13.2 Å². The first-order chi connectivity index (χ1) is 13.0. The molecule has 0 saturated carbocycles. The summed E-state index contributed by atoms with van der Waals surface area (Å²) >= 11 is 0. The Balaban J connectivity index is 1.59. The van der Waals surface area contributed by atoms with Crippen LogP contribution >= 0.6 is 0 Å². The highest BCUT2D eigenvalue weighted by atomic mass is 32.2. The molecule has 0 aliphatic carbocycles. The lowest BCUT2D eigenvalue weighted by Gasteiger charge is -2.38. The van der Waals surface area contributed by atoms with Crippen molar-refractivity contribution in [2.24, 2.45) is 7.05 Å². The van der Waals surface area contributed by atoms with Gasteiger partial charge in [-0.25, -0.2) is 8.42 Å². The van der Waals surface area contributed by atoms with Gasteiger partial charge in [0.2, 0.25) is 10.0 Å². The number of benzene rings is 1. The predicted octanol–water partition coefficient (Wildman–Crippen LogP) is 2.28. The third kappa shape index (κ3) is 3.11. The van der Waals surface area contributed by atoms with Gasteiger partial charge in [0.05, 0.1) is 17.7 Å². The molecular formula is C19H20N4O3S. The Hall–Kier alpha value is -2.71. The van der Waals surface area contributed by atoms with E-state index < -0.39 is 10.0 Å². The first-order valence-corrected chi connectivity index (χ1v) is 10.0. The highest BCUT2D eigenvalue weighted by Gasteiger charge is 2.37. The third-order valence-corrected chi connectivity index (χ3v) is 6.76. The summed E-state index contributed by atoms with van der Waals surface area (Å²) < 4.78 is 34.6. The number of aromatic nitrogens is 3. The minimum Gasteiger partial charge on any atom is -0.496 e. The van der Waals surface area contributed by atoms with E-state index in [9.17, 15) is 8.42 Å². The van der Waals surface area contributed by atoms with Gasteiger partial charge in [-0.2, -0.15) is 9.40 Å². The van der Waals surface area contributed by atoms with E-state index in [2.05, 4.69) is 10.1 Å². The number of pyridine rings is 1. The Morgan fingerprint density at radius 1 is 1.07 bits per heavy atom. The minimum absolute atomic E-state index is 0.207. The number of ether oxygens (including phenoxy) is 1. The van der Waals surface area contributed by atoms with Gasteiger partial charge >= 0.3 is 0 Å². The summed E-state index contributed by atoms with van der Waals surface area (Å²) in [5.74, 6) is 0.712. The van der Waals surface area contributed by atoms with Crippen LogP contribution in [0.3, 0.4) is 0 Å². The number of methoxy groups -OCH3 is 1. The molecule has 1 saturated heterocycles. The normalized spacial score (nSPS) is 15.5. The molecule has 140 valence electrons. The van der Waals surface area contributed by atoms with Crippen molar-refractivity contribution in [3.05, 3.63) is 60.6 Å². The van der Waals surface area contributed by atoms with E-state index in [0.717, 1.165) is 16.8 Å². The van der Waals surface area contributed by atoms with E-state index in [1.807, 2.05) is 25.2 Å². The summed E-state index contributed by atoms with van der Waals surface area (Å²) in [7, 11) is -0.188. The third-order valence-electron chi connectivity index (χ3n) is 4.93. The molecule has 1 aliphatic rings. The van der Waals surface area contributed by atoms with Crippen LogP contribution in [-0.2, 0) is 17.1 Å². The summed E-state index contributed by atoms with van der Waals surface area (Å²) in [5.41, 5.74) is 2.77. The molecule has 3 aromatic rings. The molecule has 1 fully saturated rings. The van der Waals surface area contributed by atoms with Crippen LogP contribution in [0.1, 0.15) is 11.5 Å². The number of hydrogen-bond acceptors (Lipinski definition) is 5. The van der Waals surface area contributed by atoms with Crippen molar-refractivity contribution in [1.82, 2.24) is 19.1 Å². The number of sulfonamides is 1. The first-order valence-electron chi connectivity index (χ1n) is 8.57. The van der Waals surface area contributed by atoms with E-state index in [-0.39, 0.29) is 10.8 Å². The standard InChI is InChI=1S/C19H20N4O3S/c1-22-18(7-10-21-22)17-4-3-16(11-19(17)26-2)27(24,25)23-12-15(13-23)14-5-8-20-9-6-14/h3-11,15H,12-13H2,1-2H3. The number of hydrogen-bond donors (Lipinski definition) is 0. The second-order valence-electron chi connectivity index (χ2n) is 6.50. The molecule has 27 heavy (non-hydrogen) atoms. The Kier molecular flexibility index (Phi) is 4.45. The largest absolute Gasteiger partial charge is 0.496 e. The summed E-state index contributed by atoms with van der Waals surface area (Å²) in [6.45, 7) is 0.941. The van der Waals surface area contributed by atoms with Crippen LogP contribution in [0.5, 0.6) is 5.75 Å². The van der Waals surface area contributed by atoms with Gasteiger partial charge in [0.25, 0.3) is 0 Å². The van der Waals surface area contributed by atoms with E-state index >= 15 is 0 Å². The van der Waals surface area contributed by atoms with E-state index in [4.69, 9.17) is 4.74 Å². The maximum Gasteiger partial charge on any atom is 0.243 e. The maximum atomic E-state index is 13.0. The molecule has 0 atom stereocenters. The lowest BCUT2D eigenvalue weighted by atomic mass is 9.95. The highest BCUT2D eigenvalue weighted by molar-refractivity contribution is 7.89.